The van der Waals surface area contributed by atoms with Crippen molar-refractivity contribution in [2.75, 3.05) is 31.5 Å². The van der Waals surface area contributed by atoms with Gasteiger partial charge in [0.25, 0.3) is 0 Å². The molecule has 1 aliphatic heterocycles. The van der Waals surface area contributed by atoms with E-state index in [-0.39, 0.29) is 0 Å². The number of aromatic nitrogens is 2. The Hall–Kier alpha value is -1.70. The number of rotatable bonds is 7. The third-order valence-corrected chi connectivity index (χ3v) is 4.05. The molecule has 7 nitrogen and oxygen atoms in total. The molecule has 8 heteroatoms. The van der Waals surface area contributed by atoms with Crippen LogP contribution in [0.2, 0.25) is 0 Å². The van der Waals surface area contributed by atoms with E-state index in [2.05, 4.69) is 21.8 Å². The molecule has 1 saturated heterocycles. The van der Waals surface area contributed by atoms with Gasteiger partial charge < -0.3 is 15.1 Å². The fourth-order valence-electron chi connectivity index (χ4n) is 2.21. The second-order valence-corrected chi connectivity index (χ2v) is 5.75. The maximum atomic E-state index is 12.1. The van der Waals surface area contributed by atoms with E-state index < -0.39 is 11.8 Å². The van der Waals surface area contributed by atoms with Crippen LogP contribution in [0, 0.1) is 0 Å². The summed E-state index contributed by atoms with van der Waals surface area (Å²) >= 11 is 1.28. The average molecular weight is 311 g/mol. The Kier molecular flexibility index (Phi) is 5.49. The minimum atomic E-state index is -0.441. The Morgan fingerprint density at radius 1 is 1.14 bits per heavy atom. The first kappa shape index (κ1) is 15.7. The molecule has 1 N–H and O–H groups in total. The Bertz CT molecular complexity index is 505. The van der Waals surface area contributed by atoms with E-state index in [1.807, 2.05) is 6.92 Å². The van der Waals surface area contributed by atoms with E-state index in [0.29, 0.717) is 26.2 Å². The zero-order valence-electron chi connectivity index (χ0n) is 12.5. The van der Waals surface area contributed by atoms with Gasteiger partial charge in [-0.25, -0.2) is 0 Å². The van der Waals surface area contributed by atoms with Crippen LogP contribution in [0.3, 0.4) is 0 Å². The SMILES string of the molecule is CCCNc1snnc1CN1CCN(CCC)C(=O)C1=O. The first-order valence-corrected chi connectivity index (χ1v) is 8.08. The Labute approximate surface area is 128 Å². The molecule has 0 bridgehead atoms. The van der Waals surface area contributed by atoms with Crippen molar-refractivity contribution in [1.29, 1.82) is 0 Å². The number of piperazine rings is 1. The smallest absolute Gasteiger partial charge is 0.312 e. The summed E-state index contributed by atoms with van der Waals surface area (Å²) in [5.74, 6) is -0.849. The van der Waals surface area contributed by atoms with Crippen molar-refractivity contribution in [3.8, 4) is 0 Å². The van der Waals surface area contributed by atoms with Crippen LogP contribution in [-0.4, -0.2) is 57.4 Å². The van der Waals surface area contributed by atoms with Gasteiger partial charge in [-0.15, -0.1) is 5.10 Å². The van der Waals surface area contributed by atoms with Crippen molar-refractivity contribution in [2.24, 2.45) is 0 Å². The highest BCUT2D eigenvalue weighted by molar-refractivity contribution is 7.10. The van der Waals surface area contributed by atoms with Crippen molar-refractivity contribution in [2.45, 2.75) is 33.2 Å². The maximum Gasteiger partial charge on any atom is 0.312 e. The summed E-state index contributed by atoms with van der Waals surface area (Å²) in [4.78, 5) is 27.3. The fourth-order valence-corrected chi connectivity index (χ4v) is 2.81. The van der Waals surface area contributed by atoms with Gasteiger partial charge in [-0.1, -0.05) is 18.3 Å². The van der Waals surface area contributed by atoms with Crippen LogP contribution in [0.25, 0.3) is 0 Å². The molecular weight excluding hydrogens is 290 g/mol. The highest BCUT2D eigenvalue weighted by Crippen LogP contribution is 2.20. The maximum absolute atomic E-state index is 12.1. The quantitative estimate of drug-likeness (QED) is 0.758. The van der Waals surface area contributed by atoms with Gasteiger partial charge >= 0.3 is 11.8 Å². The summed E-state index contributed by atoms with van der Waals surface area (Å²) in [5.41, 5.74) is 0.735. The van der Waals surface area contributed by atoms with Crippen LogP contribution in [-0.2, 0) is 16.1 Å². The average Bonchev–Trinajstić information content (AvgIpc) is 2.92. The summed E-state index contributed by atoms with van der Waals surface area (Å²) in [5, 5.41) is 8.20. The van der Waals surface area contributed by atoms with Gasteiger partial charge in [0.1, 0.15) is 10.7 Å². The van der Waals surface area contributed by atoms with Gasteiger partial charge in [0.05, 0.1) is 6.54 Å². The summed E-state index contributed by atoms with van der Waals surface area (Å²) < 4.78 is 3.92. The highest BCUT2D eigenvalue weighted by atomic mass is 32.1. The number of nitrogens with zero attached hydrogens (tertiary/aromatic N) is 4. The number of carbonyl (C=O) groups excluding carboxylic acids is 2. The largest absolute Gasteiger partial charge is 0.374 e. The van der Waals surface area contributed by atoms with E-state index >= 15 is 0 Å². The second kappa shape index (κ2) is 7.35. The third kappa shape index (κ3) is 3.69. The lowest BCUT2D eigenvalue weighted by molar-refractivity contribution is -0.156. The molecule has 1 aromatic rings. The van der Waals surface area contributed by atoms with Gasteiger partial charge in [-0.2, -0.15) is 0 Å². The Morgan fingerprint density at radius 3 is 2.57 bits per heavy atom. The van der Waals surface area contributed by atoms with Gasteiger partial charge in [0.2, 0.25) is 0 Å². The molecule has 1 aromatic heterocycles. The molecule has 2 rings (SSSR count). The van der Waals surface area contributed by atoms with Crippen molar-refractivity contribution < 1.29 is 9.59 Å². The molecule has 0 aromatic carbocycles. The molecule has 0 aliphatic carbocycles. The Morgan fingerprint density at radius 2 is 1.86 bits per heavy atom. The van der Waals surface area contributed by atoms with Gasteiger partial charge in [0.15, 0.2) is 0 Å². The third-order valence-electron chi connectivity index (χ3n) is 3.32. The van der Waals surface area contributed by atoms with Crippen LogP contribution in [0.1, 0.15) is 32.4 Å². The van der Waals surface area contributed by atoms with E-state index in [1.54, 1.807) is 9.80 Å². The number of anilines is 1. The summed E-state index contributed by atoms with van der Waals surface area (Å²) in [6.45, 7) is 7.04. The van der Waals surface area contributed by atoms with Crippen molar-refractivity contribution in [3.05, 3.63) is 5.69 Å². The lowest BCUT2D eigenvalue weighted by Crippen LogP contribution is -2.54. The molecule has 116 valence electrons. The van der Waals surface area contributed by atoms with Crippen molar-refractivity contribution in [1.82, 2.24) is 19.4 Å². The predicted octanol–water partition coefficient (Wildman–Crippen LogP) is 0.941. The number of nitrogens with one attached hydrogen (secondary N) is 1. The molecule has 0 saturated carbocycles. The normalized spacial score (nSPS) is 15.7. The van der Waals surface area contributed by atoms with Crippen molar-refractivity contribution in [3.63, 3.8) is 0 Å². The minimum Gasteiger partial charge on any atom is -0.374 e. The molecular formula is C13H21N5O2S. The zero-order valence-corrected chi connectivity index (χ0v) is 13.3. The summed E-state index contributed by atoms with van der Waals surface area (Å²) in [7, 11) is 0. The lowest BCUT2D eigenvalue weighted by Gasteiger charge is -2.33. The fraction of sp³-hybridized carbons (Fsp3) is 0.692. The van der Waals surface area contributed by atoms with Crippen LogP contribution in [0.5, 0.6) is 0 Å². The lowest BCUT2D eigenvalue weighted by atomic mass is 10.2. The molecule has 0 radical (unpaired) electrons. The van der Waals surface area contributed by atoms with Crippen LogP contribution in [0.15, 0.2) is 0 Å². The zero-order chi connectivity index (χ0) is 15.2. The van der Waals surface area contributed by atoms with Crippen molar-refractivity contribution >= 4 is 28.3 Å². The molecule has 21 heavy (non-hydrogen) atoms. The van der Waals surface area contributed by atoms with Crippen LogP contribution in [0.4, 0.5) is 5.00 Å². The van der Waals surface area contributed by atoms with Crippen LogP contribution >= 0.6 is 11.5 Å². The number of amides is 2. The first-order chi connectivity index (χ1) is 10.2. The topological polar surface area (TPSA) is 78.4 Å². The van der Waals surface area contributed by atoms with Gasteiger partial charge in [0, 0.05) is 37.7 Å². The molecule has 1 fully saturated rings. The molecule has 2 heterocycles. The predicted molar refractivity (Wildman–Crippen MR) is 81.0 cm³/mol. The van der Waals surface area contributed by atoms with E-state index in [0.717, 1.165) is 30.1 Å². The number of hydrogen-bond acceptors (Lipinski definition) is 6. The monoisotopic (exact) mass is 311 g/mol. The van der Waals surface area contributed by atoms with Crippen LogP contribution < -0.4 is 5.32 Å². The molecule has 2 amide bonds. The minimum absolute atomic E-state index is 0.340. The number of hydrogen-bond donors (Lipinski definition) is 1. The molecule has 0 unspecified atom stereocenters. The highest BCUT2D eigenvalue weighted by Gasteiger charge is 2.32. The number of carbonyl (C=O) groups is 2. The van der Waals surface area contributed by atoms with E-state index in [1.165, 1.54) is 11.5 Å². The van der Waals surface area contributed by atoms with E-state index in [4.69, 9.17) is 0 Å². The molecule has 0 atom stereocenters. The van der Waals surface area contributed by atoms with E-state index in [9.17, 15) is 9.59 Å². The summed E-state index contributed by atoms with van der Waals surface area (Å²) in [6, 6.07) is 0. The van der Waals surface area contributed by atoms with Gasteiger partial charge in [-0.05, 0) is 12.8 Å². The summed E-state index contributed by atoms with van der Waals surface area (Å²) in [6.07, 6.45) is 1.87. The standard InChI is InChI=1S/C13H21N5O2S/c1-3-5-14-11-10(15-16-21-11)9-18-8-7-17(6-4-2)12(19)13(18)20/h14H,3-9H2,1-2H3. The Balaban J connectivity index is 1.99. The molecule has 0 spiro atoms. The van der Waals surface area contributed by atoms with Gasteiger partial charge in [-0.3, -0.25) is 9.59 Å². The second-order valence-electron chi connectivity index (χ2n) is 4.99. The molecule has 1 aliphatic rings. The first-order valence-electron chi connectivity index (χ1n) is 7.30.